The van der Waals surface area contributed by atoms with Crippen LogP contribution in [0.5, 0.6) is 11.5 Å². The highest BCUT2D eigenvalue weighted by molar-refractivity contribution is 5.78. The van der Waals surface area contributed by atoms with E-state index in [0.717, 1.165) is 69.3 Å². The van der Waals surface area contributed by atoms with Crippen molar-refractivity contribution in [2.75, 3.05) is 53.4 Å². The van der Waals surface area contributed by atoms with E-state index in [1.807, 2.05) is 140 Å². The highest BCUT2D eigenvalue weighted by atomic mass is 16.6. The van der Waals surface area contributed by atoms with Gasteiger partial charge in [-0.2, -0.15) is 20.5 Å². The van der Waals surface area contributed by atoms with Crippen LogP contribution >= 0.6 is 0 Å². The Labute approximate surface area is 348 Å². The van der Waals surface area contributed by atoms with Crippen molar-refractivity contribution in [3.63, 3.8) is 0 Å². The number of hydrogen-bond donors (Lipinski definition) is 1. The SMILES string of the molecule is CCCCCCOc1ccc(/N=N/c2ccc(/C=C/c3cc(CO)c(/C=C/c4ccc(/N=N/c5ccc(C)cc5)cc4)cc3OCCOCCOCCOC)cc2)cc1. The number of ether oxygens (including phenoxy) is 5. The maximum atomic E-state index is 10.4. The second kappa shape index (κ2) is 25.6. The van der Waals surface area contributed by atoms with Crippen LogP contribution in [0.3, 0.4) is 0 Å². The molecule has 0 fully saturated rings. The van der Waals surface area contributed by atoms with Crippen LogP contribution in [0.25, 0.3) is 24.3 Å². The lowest BCUT2D eigenvalue weighted by molar-refractivity contribution is 0.0179. The summed E-state index contributed by atoms with van der Waals surface area (Å²) < 4.78 is 28.3. The quantitative estimate of drug-likeness (QED) is 0.0357. The molecule has 0 bridgehead atoms. The minimum absolute atomic E-state index is 0.139. The molecule has 5 rings (SSSR count). The number of aryl methyl sites for hydroxylation is 1. The number of aliphatic hydroxyl groups is 1. The lowest BCUT2D eigenvalue weighted by Gasteiger charge is -2.14. The normalized spacial score (nSPS) is 11.8. The Morgan fingerprint density at radius 3 is 1.56 bits per heavy atom. The predicted octanol–water partition coefficient (Wildman–Crippen LogP) is 12.7. The molecule has 1 N–H and O–H groups in total. The maximum Gasteiger partial charge on any atom is 0.127 e. The second-order valence-corrected chi connectivity index (χ2v) is 13.8. The fourth-order valence-electron chi connectivity index (χ4n) is 5.73. The summed E-state index contributed by atoms with van der Waals surface area (Å²) >= 11 is 0. The Kier molecular flexibility index (Phi) is 19.2. The van der Waals surface area contributed by atoms with Gasteiger partial charge in [0.1, 0.15) is 18.1 Å². The van der Waals surface area contributed by atoms with Gasteiger partial charge >= 0.3 is 0 Å². The zero-order chi connectivity index (χ0) is 41.3. The fourth-order valence-corrected chi connectivity index (χ4v) is 5.73. The summed E-state index contributed by atoms with van der Waals surface area (Å²) in [6.45, 7) is 7.58. The van der Waals surface area contributed by atoms with Gasteiger partial charge in [-0.05, 0) is 108 Å². The van der Waals surface area contributed by atoms with Gasteiger partial charge < -0.3 is 28.8 Å². The van der Waals surface area contributed by atoms with E-state index in [2.05, 4.69) is 27.4 Å². The smallest absolute Gasteiger partial charge is 0.127 e. The summed E-state index contributed by atoms with van der Waals surface area (Å²) in [5.41, 5.74) is 8.64. The summed E-state index contributed by atoms with van der Waals surface area (Å²) in [6, 6.07) is 35.2. The van der Waals surface area contributed by atoms with Gasteiger partial charge in [-0.1, -0.05) is 92.5 Å². The molecule has 308 valence electrons. The maximum absolute atomic E-state index is 10.4. The minimum atomic E-state index is -0.139. The first-order valence-corrected chi connectivity index (χ1v) is 20.3. The highest BCUT2D eigenvalue weighted by Crippen LogP contribution is 2.29. The van der Waals surface area contributed by atoms with Gasteiger partial charge in [-0.3, -0.25) is 0 Å². The Hall–Kier alpha value is -5.78. The Morgan fingerprint density at radius 1 is 0.508 bits per heavy atom. The molecule has 0 amide bonds. The van der Waals surface area contributed by atoms with Gasteiger partial charge in [-0.25, -0.2) is 0 Å². The van der Waals surface area contributed by atoms with Crippen molar-refractivity contribution in [1.82, 2.24) is 0 Å². The van der Waals surface area contributed by atoms with Crippen LogP contribution in [0, 0.1) is 6.92 Å². The van der Waals surface area contributed by atoms with Crippen molar-refractivity contribution >= 4 is 47.1 Å². The Balaban J connectivity index is 1.24. The van der Waals surface area contributed by atoms with E-state index in [1.54, 1.807) is 7.11 Å². The summed E-state index contributed by atoms with van der Waals surface area (Å²) in [6.07, 6.45) is 12.7. The first-order valence-electron chi connectivity index (χ1n) is 20.3. The molecule has 0 saturated carbocycles. The van der Waals surface area contributed by atoms with Crippen LogP contribution in [0.2, 0.25) is 0 Å². The Morgan fingerprint density at radius 2 is 1.02 bits per heavy atom. The molecule has 0 heterocycles. The molecule has 0 radical (unpaired) electrons. The van der Waals surface area contributed by atoms with E-state index in [0.29, 0.717) is 45.4 Å². The van der Waals surface area contributed by atoms with Gasteiger partial charge in [0.25, 0.3) is 0 Å². The number of benzene rings is 5. The van der Waals surface area contributed by atoms with Gasteiger partial charge in [0, 0.05) is 12.7 Å². The predicted molar refractivity (Wildman–Crippen MR) is 238 cm³/mol. The first kappa shape index (κ1) is 44.3. The third kappa shape index (κ3) is 16.2. The van der Waals surface area contributed by atoms with Crippen molar-refractivity contribution in [1.29, 1.82) is 0 Å². The molecule has 0 aliphatic carbocycles. The molecule has 5 aromatic carbocycles. The number of unbranched alkanes of at least 4 members (excludes halogenated alkanes) is 3. The lowest BCUT2D eigenvalue weighted by Crippen LogP contribution is -2.12. The molecular weight excluding hydrogens is 741 g/mol. The monoisotopic (exact) mass is 796 g/mol. The van der Waals surface area contributed by atoms with Crippen molar-refractivity contribution < 1.29 is 28.8 Å². The van der Waals surface area contributed by atoms with E-state index in [-0.39, 0.29) is 6.61 Å². The van der Waals surface area contributed by atoms with Crippen LogP contribution in [-0.2, 0) is 20.8 Å². The zero-order valence-electron chi connectivity index (χ0n) is 34.5. The zero-order valence-corrected chi connectivity index (χ0v) is 34.5. The summed E-state index contributed by atoms with van der Waals surface area (Å²) in [7, 11) is 1.65. The number of nitrogens with zero attached hydrogens (tertiary/aromatic N) is 4. The number of aliphatic hydroxyl groups excluding tert-OH is 1. The van der Waals surface area contributed by atoms with Crippen molar-refractivity contribution in [2.45, 2.75) is 46.1 Å². The van der Waals surface area contributed by atoms with Crippen LogP contribution in [-0.4, -0.2) is 58.5 Å². The van der Waals surface area contributed by atoms with E-state index < -0.39 is 0 Å². The standard InChI is InChI=1S/C49H56N4O6/c1-4-5-6-7-28-58-48-26-24-47(25-27-48)53-52-46-22-14-40(15-23-46)11-17-42-35-43(37-54)41(36-49(42)59-34-33-57-32-31-56-30-29-55-3)16-10-39-12-20-45(21-13-39)51-50-44-18-8-38(2)9-19-44/h8-27,35-36,54H,4-7,28-34,37H2,1-3H3/b16-10+,17-11+,51-50+,53-52+. The molecule has 10 nitrogen and oxygen atoms in total. The number of hydrogen-bond acceptors (Lipinski definition) is 10. The van der Waals surface area contributed by atoms with Crippen LogP contribution in [0.4, 0.5) is 22.7 Å². The van der Waals surface area contributed by atoms with Crippen LogP contribution in [0.15, 0.2) is 130 Å². The van der Waals surface area contributed by atoms with E-state index >= 15 is 0 Å². The first-order chi connectivity index (χ1) is 29.0. The van der Waals surface area contributed by atoms with E-state index in [9.17, 15) is 5.11 Å². The van der Waals surface area contributed by atoms with Crippen LogP contribution in [0.1, 0.15) is 66.0 Å². The van der Waals surface area contributed by atoms with Gasteiger partial charge in [0.05, 0.1) is 69.0 Å². The average Bonchev–Trinajstić information content (AvgIpc) is 3.27. The van der Waals surface area contributed by atoms with Crippen LogP contribution < -0.4 is 9.47 Å². The lowest BCUT2D eigenvalue weighted by atomic mass is 10.0. The average molecular weight is 797 g/mol. The molecule has 10 heteroatoms. The largest absolute Gasteiger partial charge is 0.494 e. The molecule has 0 aliphatic heterocycles. The molecule has 0 aliphatic rings. The second-order valence-electron chi connectivity index (χ2n) is 13.8. The molecule has 5 aromatic rings. The van der Waals surface area contributed by atoms with Crippen molar-refractivity contribution in [2.24, 2.45) is 20.5 Å². The molecule has 0 atom stereocenters. The third-order valence-electron chi connectivity index (χ3n) is 9.13. The molecule has 59 heavy (non-hydrogen) atoms. The number of methoxy groups -OCH3 is 1. The molecular formula is C49H56N4O6. The molecule has 0 aromatic heterocycles. The summed E-state index contributed by atoms with van der Waals surface area (Å²) in [4.78, 5) is 0. The van der Waals surface area contributed by atoms with Crippen molar-refractivity contribution in [3.8, 4) is 11.5 Å². The number of rotatable bonds is 25. The molecule has 0 spiro atoms. The van der Waals surface area contributed by atoms with E-state index in [4.69, 9.17) is 23.7 Å². The topological polar surface area (TPSA) is 116 Å². The number of azo groups is 2. The third-order valence-corrected chi connectivity index (χ3v) is 9.13. The van der Waals surface area contributed by atoms with Gasteiger partial charge in [0.2, 0.25) is 0 Å². The van der Waals surface area contributed by atoms with E-state index in [1.165, 1.54) is 24.8 Å². The molecule has 0 saturated heterocycles. The highest BCUT2D eigenvalue weighted by Gasteiger charge is 2.09. The fraction of sp³-hybridized carbons (Fsp3) is 0.306. The minimum Gasteiger partial charge on any atom is -0.494 e. The van der Waals surface area contributed by atoms with Crippen molar-refractivity contribution in [3.05, 3.63) is 143 Å². The summed E-state index contributed by atoms with van der Waals surface area (Å²) in [5.74, 6) is 1.51. The summed E-state index contributed by atoms with van der Waals surface area (Å²) in [5, 5.41) is 27.9. The Bertz CT molecular complexity index is 2080. The van der Waals surface area contributed by atoms with Gasteiger partial charge in [-0.15, -0.1) is 0 Å². The van der Waals surface area contributed by atoms with Gasteiger partial charge in [0.15, 0.2) is 0 Å². The molecule has 0 unspecified atom stereocenters.